The van der Waals surface area contributed by atoms with Gasteiger partial charge in [0.25, 0.3) is 0 Å². The maximum absolute atomic E-state index is 5.80. The minimum atomic E-state index is 0.595. The lowest BCUT2D eigenvalue weighted by Crippen LogP contribution is -2.37. The molecular formula is C15H23BrN2. The molecule has 100 valence electrons. The summed E-state index contributed by atoms with van der Waals surface area (Å²) in [5.74, 6) is 0.687. The molecule has 1 fully saturated rings. The molecule has 0 amide bonds. The number of hydrogen-bond acceptors (Lipinski definition) is 2. The van der Waals surface area contributed by atoms with Gasteiger partial charge in [0, 0.05) is 23.1 Å². The molecule has 1 aliphatic rings. The van der Waals surface area contributed by atoms with E-state index in [2.05, 4.69) is 58.9 Å². The summed E-state index contributed by atoms with van der Waals surface area (Å²) in [5.41, 5.74) is 7.21. The van der Waals surface area contributed by atoms with Crippen LogP contribution >= 0.6 is 15.9 Å². The molecule has 18 heavy (non-hydrogen) atoms. The lowest BCUT2D eigenvalue weighted by molar-refractivity contribution is 0.198. The Bertz CT molecular complexity index is 377. The van der Waals surface area contributed by atoms with Crippen molar-refractivity contribution in [2.24, 2.45) is 11.7 Å². The van der Waals surface area contributed by atoms with E-state index in [-0.39, 0.29) is 0 Å². The van der Waals surface area contributed by atoms with Crippen molar-refractivity contribution in [3.8, 4) is 0 Å². The maximum atomic E-state index is 5.80. The molecule has 0 bridgehead atoms. The zero-order valence-corrected chi connectivity index (χ0v) is 12.9. The van der Waals surface area contributed by atoms with Gasteiger partial charge >= 0.3 is 0 Å². The van der Waals surface area contributed by atoms with Gasteiger partial charge in [-0.3, -0.25) is 4.90 Å². The van der Waals surface area contributed by atoms with Gasteiger partial charge in [-0.15, -0.1) is 0 Å². The molecular weight excluding hydrogens is 288 g/mol. The molecule has 0 saturated carbocycles. The molecule has 2 N–H and O–H groups in total. The molecule has 0 spiro atoms. The monoisotopic (exact) mass is 310 g/mol. The van der Waals surface area contributed by atoms with Crippen molar-refractivity contribution in [1.29, 1.82) is 0 Å². The van der Waals surface area contributed by atoms with Crippen LogP contribution in [0.25, 0.3) is 0 Å². The Morgan fingerprint density at radius 3 is 2.61 bits per heavy atom. The fraction of sp³-hybridized carbons (Fsp3) is 0.600. The van der Waals surface area contributed by atoms with Crippen LogP contribution in [0, 0.1) is 5.92 Å². The predicted octanol–water partition coefficient (Wildman–Crippen LogP) is 3.05. The number of rotatable bonds is 4. The van der Waals surface area contributed by atoms with Crippen LogP contribution in [0.15, 0.2) is 28.7 Å². The third-order valence-electron chi connectivity index (χ3n) is 4.05. The third kappa shape index (κ3) is 3.34. The topological polar surface area (TPSA) is 29.3 Å². The van der Waals surface area contributed by atoms with Crippen molar-refractivity contribution in [3.63, 3.8) is 0 Å². The van der Waals surface area contributed by atoms with Crippen molar-refractivity contribution in [1.82, 2.24) is 4.90 Å². The number of hydrogen-bond donors (Lipinski definition) is 1. The highest BCUT2D eigenvalue weighted by atomic mass is 79.9. The van der Waals surface area contributed by atoms with Gasteiger partial charge in [0.1, 0.15) is 0 Å². The summed E-state index contributed by atoms with van der Waals surface area (Å²) in [4.78, 5) is 2.61. The Hall–Kier alpha value is -0.380. The molecule has 0 aliphatic carbocycles. The lowest BCUT2D eigenvalue weighted by atomic mass is 10.1. The number of nitrogens with two attached hydrogens (primary N) is 1. The van der Waals surface area contributed by atoms with Crippen LogP contribution in [0.1, 0.15) is 25.8 Å². The van der Waals surface area contributed by atoms with E-state index >= 15 is 0 Å². The van der Waals surface area contributed by atoms with Gasteiger partial charge in [-0.2, -0.15) is 0 Å². The van der Waals surface area contributed by atoms with Crippen molar-refractivity contribution in [3.05, 3.63) is 34.3 Å². The predicted molar refractivity (Wildman–Crippen MR) is 80.6 cm³/mol. The molecule has 2 nitrogen and oxygen atoms in total. The van der Waals surface area contributed by atoms with Gasteiger partial charge in [-0.25, -0.2) is 0 Å². The highest BCUT2D eigenvalue weighted by Crippen LogP contribution is 2.25. The van der Waals surface area contributed by atoms with E-state index < -0.39 is 0 Å². The van der Waals surface area contributed by atoms with E-state index in [0.29, 0.717) is 18.0 Å². The SMILES string of the molecule is CC(Cc1ccc(Br)cc1)N1CC(CN)CC1C. The van der Waals surface area contributed by atoms with Crippen molar-refractivity contribution >= 4 is 15.9 Å². The van der Waals surface area contributed by atoms with Gasteiger partial charge in [-0.05, 0) is 56.8 Å². The van der Waals surface area contributed by atoms with E-state index in [1.165, 1.54) is 12.0 Å². The Morgan fingerprint density at radius 1 is 1.39 bits per heavy atom. The van der Waals surface area contributed by atoms with Crippen LogP contribution < -0.4 is 5.73 Å². The number of nitrogens with zero attached hydrogens (tertiary/aromatic N) is 1. The quantitative estimate of drug-likeness (QED) is 0.926. The number of likely N-dealkylation sites (tertiary alicyclic amines) is 1. The first-order valence-corrected chi connectivity index (χ1v) is 7.59. The molecule has 1 aromatic rings. The molecule has 3 atom stereocenters. The lowest BCUT2D eigenvalue weighted by Gasteiger charge is -2.28. The first kappa shape index (κ1) is 14.0. The van der Waals surface area contributed by atoms with Crippen LogP contribution in [-0.4, -0.2) is 30.1 Å². The summed E-state index contributed by atoms with van der Waals surface area (Å²) >= 11 is 3.48. The molecule has 1 aliphatic heterocycles. The Kier molecular flexibility index (Phi) is 4.82. The van der Waals surface area contributed by atoms with E-state index in [1.54, 1.807) is 0 Å². The Morgan fingerprint density at radius 2 is 2.06 bits per heavy atom. The minimum absolute atomic E-state index is 0.595. The van der Waals surface area contributed by atoms with Gasteiger partial charge < -0.3 is 5.73 Å². The van der Waals surface area contributed by atoms with Gasteiger partial charge in [0.15, 0.2) is 0 Å². The van der Waals surface area contributed by atoms with E-state index in [1.807, 2.05) is 0 Å². The summed E-state index contributed by atoms with van der Waals surface area (Å²) in [6.07, 6.45) is 2.37. The number of halogens is 1. The summed E-state index contributed by atoms with van der Waals surface area (Å²) in [5, 5.41) is 0. The van der Waals surface area contributed by atoms with Gasteiger partial charge in [0.2, 0.25) is 0 Å². The molecule has 2 rings (SSSR count). The number of benzene rings is 1. The van der Waals surface area contributed by atoms with E-state index in [9.17, 15) is 0 Å². The first-order valence-electron chi connectivity index (χ1n) is 6.80. The molecule has 1 aromatic carbocycles. The summed E-state index contributed by atoms with van der Waals surface area (Å²) < 4.78 is 1.15. The largest absolute Gasteiger partial charge is 0.330 e. The average molecular weight is 311 g/mol. The molecule has 3 heteroatoms. The summed E-state index contributed by atoms with van der Waals surface area (Å²) in [6.45, 7) is 6.65. The average Bonchev–Trinajstić information content (AvgIpc) is 2.73. The third-order valence-corrected chi connectivity index (χ3v) is 4.58. The van der Waals surface area contributed by atoms with E-state index in [4.69, 9.17) is 5.73 Å². The molecule has 1 heterocycles. The Labute approximate surface area is 119 Å². The summed E-state index contributed by atoms with van der Waals surface area (Å²) in [6, 6.07) is 9.93. The zero-order chi connectivity index (χ0) is 13.1. The van der Waals surface area contributed by atoms with Crippen molar-refractivity contribution in [2.75, 3.05) is 13.1 Å². The molecule has 0 radical (unpaired) electrons. The van der Waals surface area contributed by atoms with Gasteiger partial charge in [-0.1, -0.05) is 28.1 Å². The fourth-order valence-electron chi connectivity index (χ4n) is 3.03. The molecule has 1 saturated heterocycles. The second-order valence-corrected chi connectivity index (χ2v) is 6.48. The normalized spacial score (nSPS) is 26.4. The standard InChI is InChI=1S/C15H23BrN2/c1-11(7-13-3-5-15(16)6-4-13)18-10-14(9-17)8-12(18)2/h3-6,11-12,14H,7-10,17H2,1-2H3. The van der Waals surface area contributed by atoms with Crippen molar-refractivity contribution in [2.45, 2.75) is 38.8 Å². The second-order valence-electron chi connectivity index (χ2n) is 5.56. The Balaban J connectivity index is 1.95. The fourth-order valence-corrected chi connectivity index (χ4v) is 3.30. The zero-order valence-electron chi connectivity index (χ0n) is 11.3. The first-order chi connectivity index (χ1) is 8.60. The highest BCUT2D eigenvalue weighted by Gasteiger charge is 2.31. The highest BCUT2D eigenvalue weighted by molar-refractivity contribution is 9.10. The van der Waals surface area contributed by atoms with Gasteiger partial charge in [0.05, 0.1) is 0 Å². The summed E-state index contributed by atoms with van der Waals surface area (Å²) in [7, 11) is 0. The van der Waals surface area contributed by atoms with Crippen LogP contribution in [0.3, 0.4) is 0 Å². The van der Waals surface area contributed by atoms with Crippen LogP contribution in [0.5, 0.6) is 0 Å². The van der Waals surface area contributed by atoms with Crippen LogP contribution in [-0.2, 0) is 6.42 Å². The minimum Gasteiger partial charge on any atom is -0.330 e. The van der Waals surface area contributed by atoms with Crippen molar-refractivity contribution < 1.29 is 0 Å². The maximum Gasteiger partial charge on any atom is 0.0175 e. The second kappa shape index (κ2) is 6.18. The van der Waals surface area contributed by atoms with E-state index in [0.717, 1.165) is 24.0 Å². The molecule has 3 unspecified atom stereocenters. The van der Waals surface area contributed by atoms with Crippen LogP contribution in [0.4, 0.5) is 0 Å². The smallest absolute Gasteiger partial charge is 0.0175 e. The molecule has 0 aromatic heterocycles. The van der Waals surface area contributed by atoms with Crippen LogP contribution in [0.2, 0.25) is 0 Å².